The zero-order valence-electron chi connectivity index (χ0n) is 19.2. The highest BCUT2D eigenvalue weighted by atomic mass is 32.2. The number of hydrogen-bond acceptors (Lipinski definition) is 6. The fraction of sp³-hybridized carbons (Fsp3) is 0.417. The van der Waals surface area contributed by atoms with E-state index in [-0.39, 0.29) is 17.3 Å². The van der Waals surface area contributed by atoms with Gasteiger partial charge in [-0.05, 0) is 48.9 Å². The number of nitrogens with zero attached hydrogens (tertiary/aromatic N) is 4. The van der Waals surface area contributed by atoms with Crippen molar-refractivity contribution in [2.45, 2.75) is 25.2 Å². The molecule has 0 saturated carbocycles. The average Bonchev–Trinajstić information content (AvgIpc) is 3.05. The van der Waals surface area contributed by atoms with E-state index >= 15 is 0 Å². The first-order valence-corrected chi connectivity index (χ1v) is 12.7. The molecule has 1 amide bonds. The molecule has 8 nitrogen and oxygen atoms in total. The molecular weight excluding hydrogens is 438 g/mol. The van der Waals surface area contributed by atoms with Crippen LogP contribution >= 0.6 is 0 Å². The number of benzene rings is 2. The van der Waals surface area contributed by atoms with Crippen LogP contribution < -0.4 is 10.2 Å². The maximum absolute atomic E-state index is 12.8. The predicted molar refractivity (Wildman–Crippen MR) is 130 cm³/mol. The second-order valence-corrected chi connectivity index (χ2v) is 9.88. The van der Waals surface area contributed by atoms with Crippen LogP contribution in [-0.2, 0) is 14.8 Å². The van der Waals surface area contributed by atoms with Crippen molar-refractivity contribution in [1.82, 2.24) is 9.21 Å². The lowest BCUT2D eigenvalue weighted by Gasteiger charge is -2.23. The van der Waals surface area contributed by atoms with Crippen LogP contribution in [0.1, 0.15) is 25.8 Å². The maximum atomic E-state index is 12.8. The quantitative estimate of drug-likeness (QED) is 0.639. The summed E-state index contributed by atoms with van der Waals surface area (Å²) in [7, 11) is -3.58. The van der Waals surface area contributed by atoms with E-state index in [2.05, 4.69) is 21.2 Å². The Kier molecular flexibility index (Phi) is 8.44. The zero-order valence-corrected chi connectivity index (χ0v) is 20.0. The first kappa shape index (κ1) is 24.7. The topological polar surface area (TPSA) is 96.8 Å². The van der Waals surface area contributed by atoms with E-state index in [0.717, 1.165) is 38.3 Å². The van der Waals surface area contributed by atoms with E-state index in [1.165, 1.54) is 10.4 Å². The molecule has 33 heavy (non-hydrogen) atoms. The van der Waals surface area contributed by atoms with Crippen LogP contribution in [0.15, 0.2) is 53.4 Å². The van der Waals surface area contributed by atoms with Crippen LogP contribution in [0.25, 0.3) is 0 Å². The van der Waals surface area contributed by atoms with Gasteiger partial charge in [0.15, 0.2) is 0 Å². The molecule has 0 aromatic heterocycles. The number of carbonyl (C=O) groups excluding carboxylic acids is 1. The highest BCUT2D eigenvalue weighted by Crippen LogP contribution is 2.20. The summed E-state index contributed by atoms with van der Waals surface area (Å²) in [6.07, 6.45) is 0.922. The monoisotopic (exact) mass is 469 g/mol. The lowest BCUT2D eigenvalue weighted by molar-refractivity contribution is -0.117. The van der Waals surface area contributed by atoms with Gasteiger partial charge in [-0.2, -0.15) is 9.57 Å². The van der Waals surface area contributed by atoms with Crippen molar-refractivity contribution in [3.63, 3.8) is 0 Å². The molecular formula is C24H31N5O3S. The Morgan fingerprint density at radius 2 is 1.79 bits per heavy atom. The smallest absolute Gasteiger partial charge is 0.243 e. The third kappa shape index (κ3) is 6.32. The van der Waals surface area contributed by atoms with E-state index in [1.54, 1.807) is 32.0 Å². The minimum atomic E-state index is -3.58. The number of nitriles is 1. The zero-order chi connectivity index (χ0) is 23.8. The van der Waals surface area contributed by atoms with Gasteiger partial charge in [-0.25, -0.2) is 8.42 Å². The highest BCUT2D eigenvalue weighted by Gasteiger charge is 2.22. The summed E-state index contributed by atoms with van der Waals surface area (Å²) in [6, 6.07) is 16.1. The SMILES string of the molecule is CCN(CC)S(=O)(=O)c1cccc(NC(=O)CN2CCCN(c3ccc(C#N)cc3)CC2)c1. The Hall–Kier alpha value is -2.93. The lowest BCUT2D eigenvalue weighted by atomic mass is 10.2. The molecule has 2 aromatic rings. The van der Waals surface area contributed by atoms with Crippen LogP contribution in [0.2, 0.25) is 0 Å². The molecule has 1 aliphatic rings. The van der Waals surface area contributed by atoms with Crippen molar-refractivity contribution in [2.75, 3.05) is 56.0 Å². The third-order valence-corrected chi connectivity index (χ3v) is 7.82. The molecule has 1 fully saturated rings. The average molecular weight is 470 g/mol. The lowest BCUT2D eigenvalue weighted by Crippen LogP contribution is -2.36. The minimum Gasteiger partial charge on any atom is -0.370 e. The summed E-state index contributed by atoms with van der Waals surface area (Å²) in [4.78, 5) is 17.2. The van der Waals surface area contributed by atoms with Crippen LogP contribution in [0, 0.1) is 11.3 Å². The van der Waals surface area contributed by atoms with E-state index in [9.17, 15) is 13.2 Å². The molecule has 0 radical (unpaired) electrons. The molecule has 1 saturated heterocycles. The maximum Gasteiger partial charge on any atom is 0.243 e. The number of carbonyl (C=O) groups is 1. The summed E-state index contributed by atoms with van der Waals surface area (Å²) in [5, 5.41) is 11.8. The van der Waals surface area contributed by atoms with Gasteiger partial charge in [0.05, 0.1) is 23.1 Å². The van der Waals surface area contributed by atoms with Crippen molar-refractivity contribution < 1.29 is 13.2 Å². The summed E-state index contributed by atoms with van der Waals surface area (Å²) in [5.74, 6) is -0.167. The van der Waals surface area contributed by atoms with Gasteiger partial charge in [0.25, 0.3) is 0 Å². The van der Waals surface area contributed by atoms with Crippen molar-refractivity contribution in [3.8, 4) is 6.07 Å². The fourth-order valence-electron chi connectivity index (χ4n) is 3.98. The largest absolute Gasteiger partial charge is 0.370 e. The highest BCUT2D eigenvalue weighted by molar-refractivity contribution is 7.89. The van der Waals surface area contributed by atoms with Crippen LogP contribution in [0.3, 0.4) is 0 Å². The Labute approximate surface area is 196 Å². The molecule has 176 valence electrons. The Morgan fingerprint density at radius 3 is 2.45 bits per heavy atom. The number of amides is 1. The third-order valence-electron chi connectivity index (χ3n) is 5.78. The van der Waals surface area contributed by atoms with E-state index in [4.69, 9.17) is 5.26 Å². The van der Waals surface area contributed by atoms with Gasteiger partial charge in [-0.3, -0.25) is 9.69 Å². The van der Waals surface area contributed by atoms with Gasteiger partial charge in [0.2, 0.25) is 15.9 Å². The first-order chi connectivity index (χ1) is 15.9. The number of rotatable bonds is 8. The molecule has 1 heterocycles. The van der Waals surface area contributed by atoms with Gasteiger partial charge < -0.3 is 10.2 Å². The normalized spacial score (nSPS) is 15.2. The molecule has 0 spiro atoms. The second kappa shape index (κ2) is 11.3. The number of hydrogen-bond donors (Lipinski definition) is 1. The molecule has 0 unspecified atom stereocenters. The van der Waals surface area contributed by atoms with Crippen molar-refractivity contribution >= 4 is 27.3 Å². The van der Waals surface area contributed by atoms with Gasteiger partial charge in [0.1, 0.15) is 0 Å². The van der Waals surface area contributed by atoms with Crippen LogP contribution in [0.4, 0.5) is 11.4 Å². The van der Waals surface area contributed by atoms with Crippen LogP contribution in [-0.4, -0.2) is 69.3 Å². The van der Waals surface area contributed by atoms with Gasteiger partial charge in [-0.1, -0.05) is 19.9 Å². The molecule has 0 bridgehead atoms. The summed E-state index contributed by atoms with van der Waals surface area (Å²) >= 11 is 0. The molecule has 0 aliphatic carbocycles. The predicted octanol–water partition coefficient (Wildman–Crippen LogP) is 2.74. The molecule has 1 aliphatic heterocycles. The molecule has 2 aromatic carbocycles. The Bertz CT molecular complexity index is 1090. The second-order valence-electron chi connectivity index (χ2n) is 7.94. The number of anilines is 2. The number of nitrogens with one attached hydrogen (secondary N) is 1. The molecule has 0 atom stereocenters. The van der Waals surface area contributed by atoms with E-state index in [0.29, 0.717) is 24.3 Å². The summed E-state index contributed by atoms with van der Waals surface area (Å²) in [5.41, 5.74) is 2.19. The molecule has 1 N–H and O–H groups in total. The molecule has 3 rings (SSSR count). The van der Waals surface area contributed by atoms with Gasteiger partial charge in [0, 0.05) is 50.6 Å². The Balaban J connectivity index is 1.58. The molecule has 9 heteroatoms. The van der Waals surface area contributed by atoms with Crippen molar-refractivity contribution in [1.29, 1.82) is 5.26 Å². The first-order valence-electron chi connectivity index (χ1n) is 11.2. The van der Waals surface area contributed by atoms with Crippen LogP contribution in [0.5, 0.6) is 0 Å². The summed E-state index contributed by atoms with van der Waals surface area (Å²) < 4.78 is 26.9. The standard InChI is InChI=1S/C24H31N5O3S/c1-3-29(4-2)33(31,32)23-8-5-7-21(17-23)26-24(30)19-27-13-6-14-28(16-15-27)22-11-9-20(18-25)10-12-22/h5,7-12,17H,3-4,6,13-16,19H2,1-2H3,(H,26,30). The van der Waals surface area contributed by atoms with Crippen molar-refractivity contribution in [3.05, 3.63) is 54.1 Å². The van der Waals surface area contributed by atoms with E-state index < -0.39 is 10.0 Å². The minimum absolute atomic E-state index is 0.167. The summed E-state index contributed by atoms with van der Waals surface area (Å²) in [6.45, 7) is 7.85. The van der Waals surface area contributed by atoms with Gasteiger partial charge >= 0.3 is 0 Å². The number of sulfonamides is 1. The Morgan fingerprint density at radius 1 is 1.06 bits per heavy atom. The fourth-order valence-corrected chi connectivity index (χ4v) is 5.49. The van der Waals surface area contributed by atoms with Crippen molar-refractivity contribution in [2.24, 2.45) is 0 Å². The van der Waals surface area contributed by atoms with Gasteiger partial charge in [-0.15, -0.1) is 0 Å². The van der Waals surface area contributed by atoms with E-state index in [1.807, 2.05) is 24.3 Å².